The summed E-state index contributed by atoms with van der Waals surface area (Å²) in [5.41, 5.74) is 3.17. The molecule has 2 aliphatic rings. The van der Waals surface area contributed by atoms with Crippen LogP contribution in [0.25, 0.3) is 0 Å². The quantitative estimate of drug-likeness (QED) is 0.272. The molecule has 2 fully saturated rings. The third-order valence-corrected chi connectivity index (χ3v) is 7.55. The second-order valence-electron chi connectivity index (χ2n) is 9.68. The zero-order valence-corrected chi connectivity index (χ0v) is 19.1. The normalized spacial score (nSPS) is 25.9. The predicted octanol–water partition coefficient (Wildman–Crippen LogP) is 7.87. The fourth-order valence-corrected chi connectivity index (χ4v) is 5.71. The lowest BCUT2D eigenvalue weighted by atomic mass is 9.63. The second-order valence-corrected chi connectivity index (χ2v) is 9.68. The number of ether oxygens (including phenoxy) is 1. The van der Waals surface area contributed by atoms with Gasteiger partial charge in [-0.15, -0.1) is 0 Å². The van der Waals surface area contributed by atoms with Crippen LogP contribution in [0.4, 0.5) is 0 Å². The average Bonchev–Trinajstić information content (AvgIpc) is 2.80. The molecule has 0 aliphatic heterocycles. The van der Waals surface area contributed by atoms with E-state index < -0.39 is 0 Å². The molecule has 2 saturated carbocycles. The lowest BCUT2D eigenvalue weighted by Gasteiger charge is -2.42. The number of hydrogen-bond acceptors (Lipinski definition) is 2. The van der Waals surface area contributed by atoms with Gasteiger partial charge < -0.3 is 4.74 Å². The molecule has 2 aromatic rings. The number of esters is 1. The first kappa shape index (κ1) is 21.9. The van der Waals surface area contributed by atoms with Crippen molar-refractivity contribution in [3.8, 4) is 5.75 Å². The van der Waals surface area contributed by atoms with Gasteiger partial charge in [0.25, 0.3) is 0 Å². The summed E-state index contributed by atoms with van der Waals surface area (Å²) in [6.07, 6.45) is 15.4. The maximum atomic E-state index is 12.5. The first-order valence-corrected chi connectivity index (χ1v) is 12.1. The number of benzene rings is 2. The Morgan fingerprint density at radius 1 is 0.935 bits per heavy atom. The van der Waals surface area contributed by atoms with Gasteiger partial charge in [-0.2, -0.15) is 0 Å². The SMILES string of the molecule is C/C=C/CCC1CCC2CC(c3ccc(C(=O)Oc4ccc(C)cc4)cc3)CCC2C1. The molecule has 4 unspecified atom stereocenters. The van der Waals surface area contributed by atoms with Gasteiger partial charge in [-0.05, 0) is 112 Å². The highest BCUT2D eigenvalue weighted by atomic mass is 16.5. The van der Waals surface area contributed by atoms with Gasteiger partial charge in [-0.1, -0.05) is 48.4 Å². The van der Waals surface area contributed by atoms with Gasteiger partial charge in [0.1, 0.15) is 5.75 Å². The molecular formula is C29H36O2. The van der Waals surface area contributed by atoms with Crippen LogP contribution in [-0.2, 0) is 0 Å². The highest BCUT2D eigenvalue weighted by Crippen LogP contribution is 2.48. The summed E-state index contributed by atoms with van der Waals surface area (Å²) in [5.74, 6) is 3.72. The Bertz CT molecular complexity index is 878. The van der Waals surface area contributed by atoms with E-state index in [1.54, 1.807) is 0 Å². The van der Waals surface area contributed by atoms with Crippen molar-refractivity contribution < 1.29 is 9.53 Å². The van der Waals surface area contributed by atoms with Crippen LogP contribution >= 0.6 is 0 Å². The minimum Gasteiger partial charge on any atom is -0.423 e. The first-order chi connectivity index (χ1) is 15.1. The Labute approximate surface area is 187 Å². The van der Waals surface area contributed by atoms with E-state index in [-0.39, 0.29) is 5.97 Å². The number of fused-ring (bicyclic) bond motifs is 1. The number of carbonyl (C=O) groups is 1. The third kappa shape index (κ3) is 5.67. The van der Waals surface area contributed by atoms with E-state index >= 15 is 0 Å². The van der Waals surface area contributed by atoms with Crippen molar-refractivity contribution in [2.45, 2.75) is 71.1 Å². The summed E-state index contributed by atoms with van der Waals surface area (Å²) >= 11 is 0. The largest absolute Gasteiger partial charge is 0.423 e. The number of carbonyl (C=O) groups excluding carboxylic acids is 1. The first-order valence-electron chi connectivity index (χ1n) is 12.1. The van der Waals surface area contributed by atoms with Crippen molar-refractivity contribution in [1.29, 1.82) is 0 Å². The molecule has 0 N–H and O–H groups in total. The summed E-state index contributed by atoms with van der Waals surface area (Å²) in [6.45, 7) is 4.15. The third-order valence-electron chi connectivity index (χ3n) is 7.55. The molecule has 2 aromatic carbocycles. The molecule has 0 saturated heterocycles. The van der Waals surface area contributed by atoms with Gasteiger partial charge >= 0.3 is 5.97 Å². The van der Waals surface area contributed by atoms with Crippen molar-refractivity contribution in [2.75, 3.05) is 0 Å². The summed E-state index contributed by atoms with van der Waals surface area (Å²) in [6, 6.07) is 15.8. The lowest BCUT2D eigenvalue weighted by Crippen LogP contribution is -2.30. The summed E-state index contributed by atoms with van der Waals surface area (Å²) in [5, 5.41) is 0. The van der Waals surface area contributed by atoms with Crippen LogP contribution in [0.15, 0.2) is 60.7 Å². The smallest absolute Gasteiger partial charge is 0.343 e. The minimum absolute atomic E-state index is 0.282. The molecule has 2 heteroatoms. The van der Waals surface area contributed by atoms with E-state index in [4.69, 9.17) is 4.74 Å². The van der Waals surface area contributed by atoms with Crippen molar-refractivity contribution >= 4 is 5.97 Å². The second kappa shape index (κ2) is 10.3. The van der Waals surface area contributed by atoms with Gasteiger partial charge in [0.05, 0.1) is 5.56 Å². The number of hydrogen-bond donors (Lipinski definition) is 0. The van der Waals surface area contributed by atoms with Crippen molar-refractivity contribution in [3.63, 3.8) is 0 Å². The number of rotatable bonds is 6. The summed E-state index contributed by atoms with van der Waals surface area (Å²) in [4.78, 5) is 12.5. The number of allylic oxidation sites excluding steroid dienone is 2. The topological polar surface area (TPSA) is 26.3 Å². The highest BCUT2D eigenvalue weighted by molar-refractivity contribution is 5.91. The Morgan fingerprint density at radius 3 is 2.39 bits per heavy atom. The van der Waals surface area contributed by atoms with Crippen LogP contribution in [0.3, 0.4) is 0 Å². The van der Waals surface area contributed by atoms with Crippen LogP contribution in [-0.4, -0.2) is 5.97 Å². The van der Waals surface area contributed by atoms with Crippen LogP contribution in [0, 0.1) is 24.7 Å². The van der Waals surface area contributed by atoms with E-state index in [2.05, 4.69) is 31.2 Å². The molecular weight excluding hydrogens is 380 g/mol. The van der Waals surface area contributed by atoms with Crippen molar-refractivity contribution in [3.05, 3.63) is 77.4 Å². The van der Waals surface area contributed by atoms with Gasteiger partial charge in [0.15, 0.2) is 0 Å². The standard InChI is InChI=1S/C29H36O2/c1-3-4-5-6-22-9-10-27-20-26(16-15-25(27)19-22)23-11-13-24(14-12-23)29(30)31-28-17-7-21(2)8-18-28/h3-4,7-8,11-14,17-18,22,25-27H,5-6,9-10,15-16,19-20H2,1-2H3/b4-3+. The Balaban J connectivity index is 1.31. The Hall–Kier alpha value is -2.35. The van der Waals surface area contributed by atoms with Gasteiger partial charge in [-0.25, -0.2) is 4.79 Å². The Kier molecular flexibility index (Phi) is 7.27. The van der Waals surface area contributed by atoms with E-state index in [1.807, 2.05) is 43.3 Å². The summed E-state index contributed by atoms with van der Waals surface area (Å²) < 4.78 is 5.51. The maximum Gasteiger partial charge on any atom is 0.343 e. The lowest BCUT2D eigenvalue weighted by molar-refractivity contribution is 0.0734. The fourth-order valence-electron chi connectivity index (χ4n) is 5.71. The maximum absolute atomic E-state index is 12.5. The molecule has 2 aliphatic carbocycles. The molecule has 2 nitrogen and oxygen atoms in total. The van der Waals surface area contributed by atoms with Gasteiger partial charge in [-0.3, -0.25) is 0 Å². The molecule has 164 valence electrons. The van der Waals surface area contributed by atoms with Gasteiger partial charge in [0, 0.05) is 0 Å². The monoisotopic (exact) mass is 416 g/mol. The van der Waals surface area contributed by atoms with Crippen LogP contribution in [0.2, 0.25) is 0 Å². The number of aryl methyl sites for hydroxylation is 1. The summed E-state index contributed by atoms with van der Waals surface area (Å²) in [7, 11) is 0. The van der Waals surface area contributed by atoms with Gasteiger partial charge in [0.2, 0.25) is 0 Å². The fraction of sp³-hybridized carbons (Fsp3) is 0.483. The molecule has 0 aromatic heterocycles. The highest BCUT2D eigenvalue weighted by Gasteiger charge is 2.35. The molecule has 4 atom stereocenters. The van der Waals surface area contributed by atoms with Crippen LogP contribution in [0.1, 0.15) is 85.7 Å². The van der Waals surface area contributed by atoms with Crippen molar-refractivity contribution in [2.24, 2.45) is 17.8 Å². The molecule has 31 heavy (non-hydrogen) atoms. The Morgan fingerprint density at radius 2 is 1.65 bits per heavy atom. The minimum atomic E-state index is -0.282. The molecule has 0 bridgehead atoms. The van der Waals surface area contributed by atoms with E-state index in [0.29, 0.717) is 17.2 Å². The molecule has 4 rings (SSSR count). The van der Waals surface area contributed by atoms with E-state index in [0.717, 1.165) is 23.3 Å². The van der Waals surface area contributed by atoms with Crippen molar-refractivity contribution in [1.82, 2.24) is 0 Å². The van der Waals surface area contributed by atoms with E-state index in [9.17, 15) is 4.79 Å². The average molecular weight is 417 g/mol. The zero-order valence-electron chi connectivity index (χ0n) is 19.1. The zero-order chi connectivity index (χ0) is 21.6. The van der Waals surface area contributed by atoms with Crippen LogP contribution in [0.5, 0.6) is 5.75 Å². The van der Waals surface area contributed by atoms with E-state index in [1.165, 1.54) is 56.9 Å². The molecule has 0 amide bonds. The molecule has 0 heterocycles. The predicted molar refractivity (Wildman–Crippen MR) is 128 cm³/mol. The molecule has 0 radical (unpaired) electrons. The molecule has 0 spiro atoms. The van der Waals surface area contributed by atoms with Crippen LogP contribution < -0.4 is 4.74 Å².